The van der Waals surface area contributed by atoms with Crippen LogP contribution in [0.15, 0.2) is 53.1 Å². The van der Waals surface area contributed by atoms with Gasteiger partial charge in [-0.15, -0.1) is 0 Å². The third-order valence-electron chi connectivity index (χ3n) is 5.09. The molecule has 1 saturated heterocycles. The van der Waals surface area contributed by atoms with E-state index < -0.39 is 0 Å². The van der Waals surface area contributed by atoms with Gasteiger partial charge >= 0.3 is 0 Å². The van der Waals surface area contributed by atoms with Crippen molar-refractivity contribution in [3.05, 3.63) is 65.0 Å². The Bertz CT molecular complexity index is 979. The second kappa shape index (κ2) is 8.66. The number of nitrogens with zero attached hydrogens (tertiary/aromatic N) is 3. The minimum Gasteiger partial charge on any atom is -0.484 e. The Balaban J connectivity index is 1.30. The van der Waals surface area contributed by atoms with Crippen LogP contribution in [0, 0.1) is 6.92 Å². The number of ether oxygens (including phenoxy) is 1. The second-order valence-corrected chi connectivity index (χ2v) is 7.66. The fourth-order valence-corrected chi connectivity index (χ4v) is 3.56. The van der Waals surface area contributed by atoms with Gasteiger partial charge in [-0.2, -0.15) is 4.98 Å². The highest BCUT2D eigenvalue weighted by Gasteiger charge is 2.27. The molecule has 0 radical (unpaired) electrons. The molecule has 4 rings (SSSR count). The number of hydrogen-bond donors (Lipinski definition) is 0. The van der Waals surface area contributed by atoms with Crippen LogP contribution in [-0.4, -0.2) is 40.6 Å². The van der Waals surface area contributed by atoms with Crippen LogP contribution in [0.5, 0.6) is 5.75 Å². The Morgan fingerprint density at radius 3 is 2.69 bits per heavy atom. The maximum Gasteiger partial charge on any atom is 0.260 e. The molecule has 1 amide bonds. The summed E-state index contributed by atoms with van der Waals surface area (Å²) in [5.74, 6) is 2.05. The summed E-state index contributed by atoms with van der Waals surface area (Å²) < 4.78 is 11.1. The molecular formula is C22H22ClN3O3. The number of likely N-dealkylation sites (tertiary alicyclic amines) is 1. The van der Waals surface area contributed by atoms with Crippen molar-refractivity contribution in [1.82, 2.24) is 15.0 Å². The number of halogens is 1. The lowest BCUT2D eigenvalue weighted by Gasteiger charge is -2.30. The molecule has 0 unspecified atom stereocenters. The molecule has 0 atom stereocenters. The Morgan fingerprint density at radius 2 is 1.97 bits per heavy atom. The Hall–Kier alpha value is -2.86. The van der Waals surface area contributed by atoms with Gasteiger partial charge in [-0.1, -0.05) is 28.9 Å². The zero-order valence-corrected chi connectivity index (χ0v) is 16.9. The molecule has 150 valence electrons. The van der Waals surface area contributed by atoms with Crippen molar-refractivity contribution in [3.8, 4) is 17.1 Å². The average molecular weight is 412 g/mol. The monoisotopic (exact) mass is 411 g/mol. The molecule has 7 heteroatoms. The fourth-order valence-electron chi connectivity index (χ4n) is 3.43. The van der Waals surface area contributed by atoms with Crippen molar-refractivity contribution in [2.24, 2.45) is 0 Å². The van der Waals surface area contributed by atoms with Gasteiger partial charge in [0.1, 0.15) is 5.75 Å². The minimum atomic E-state index is -0.00246. The Labute approximate surface area is 174 Å². The number of carbonyl (C=O) groups excluding carboxylic acids is 1. The lowest BCUT2D eigenvalue weighted by Crippen LogP contribution is -2.40. The zero-order chi connectivity index (χ0) is 20.2. The quantitative estimate of drug-likeness (QED) is 0.619. The molecule has 1 aromatic heterocycles. The van der Waals surface area contributed by atoms with Crippen LogP contribution in [0.25, 0.3) is 11.4 Å². The van der Waals surface area contributed by atoms with E-state index in [9.17, 15) is 4.79 Å². The van der Waals surface area contributed by atoms with Crippen molar-refractivity contribution in [3.63, 3.8) is 0 Å². The standard InChI is InChI=1S/C22H22ClN3O3/c1-15-3-2-4-19(13-15)28-14-20(27)26-11-9-17(10-12-26)22-24-21(25-29-22)16-5-7-18(23)8-6-16/h2-8,13,17H,9-12,14H2,1H3. The summed E-state index contributed by atoms with van der Waals surface area (Å²) in [7, 11) is 0. The third kappa shape index (κ3) is 4.77. The highest BCUT2D eigenvalue weighted by Crippen LogP contribution is 2.29. The van der Waals surface area contributed by atoms with E-state index in [1.54, 1.807) is 12.1 Å². The van der Waals surface area contributed by atoms with E-state index in [1.807, 2.05) is 48.2 Å². The van der Waals surface area contributed by atoms with Crippen molar-refractivity contribution < 1.29 is 14.1 Å². The number of piperidine rings is 1. The fraction of sp³-hybridized carbons (Fsp3) is 0.318. The summed E-state index contributed by atoms with van der Waals surface area (Å²) in [5, 5.41) is 4.75. The van der Waals surface area contributed by atoms with Gasteiger partial charge in [0.15, 0.2) is 6.61 Å². The van der Waals surface area contributed by atoms with Gasteiger partial charge in [0.2, 0.25) is 11.7 Å². The predicted octanol–water partition coefficient (Wildman–Crippen LogP) is 4.48. The molecule has 6 nitrogen and oxygen atoms in total. The Morgan fingerprint density at radius 1 is 1.21 bits per heavy atom. The van der Waals surface area contributed by atoms with Crippen LogP contribution >= 0.6 is 11.6 Å². The number of aryl methyl sites for hydroxylation is 1. The SMILES string of the molecule is Cc1cccc(OCC(=O)N2CCC(c3nc(-c4ccc(Cl)cc4)no3)CC2)c1. The first kappa shape index (κ1) is 19.5. The van der Waals surface area contributed by atoms with Crippen molar-refractivity contribution >= 4 is 17.5 Å². The first-order valence-electron chi connectivity index (χ1n) is 9.65. The van der Waals surface area contributed by atoms with Crippen LogP contribution in [0.1, 0.15) is 30.2 Å². The smallest absolute Gasteiger partial charge is 0.260 e. The molecule has 0 N–H and O–H groups in total. The largest absolute Gasteiger partial charge is 0.484 e. The number of aromatic nitrogens is 2. The highest BCUT2D eigenvalue weighted by molar-refractivity contribution is 6.30. The molecule has 0 spiro atoms. The predicted molar refractivity (Wildman–Crippen MR) is 110 cm³/mol. The van der Waals surface area contributed by atoms with Gasteiger partial charge in [-0.25, -0.2) is 0 Å². The van der Waals surface area contributed by atoms with Gasteiger partial charge in [0, 0.05) is 29.6 Å². The zero-order valence-electron chi connectivity index (χ0n) is 16.2. The van der Waals surface area contributed by atoms with Crippen LogP contribution in [0.2, 0.25) is 5.02 Å². The van der Waals surface area contributed by atoms with Crippen molar-refractivity contribution in [1.29, 1.82) is 0 Å². The van der Waals surface area contributed by atoms with Crippen LogP contribution < -0.4 is 4.74 Å². The molecule has 29 heavy (non-hydrogen) atoms. The number of carbonyl (C=O) groups is 1. The number of benzene rings is 2. The number of rotatable bonds is 5. The van der Waals surface area contributed by atoms with E-state index in [-0.39, 0.29) is 18.4 Å². The average Bonchev–Trinajstić information content (AvgIpc) is 3.23. The summed E-state index contributed by atoms with van der Waals surface area (Å²) in [5.41, 5.74) is 1.97. The minimum absolute atomic E-state index is 0.00246. The van der Waals surface area contributed by atoms with Crippen LogP contribution in [0.3, 0.4) is 0 Å². The van der Waals surface area contributed by atoms with Gasteiger partial charge in [0.05, 0.1) is 0 Å². The second-order valence-electron chi connectivity index (χ2n) is 7.22. The van der Waals surface area contributed by atoms with E-state index in [1.165, 1.54) is 0 Å². The lowest BCUT2D eigenvalue weighted by atomic mass is 9.97. The summed E-state index contributed by atoms with van der Waals surface area (Å²) in [6.45, 7) is 3.35. The molecule has 1 aliphatic heterocycles. The number of hydrogen-bond acceptors (Lipinski definition) is 5. The molecule has 3 aromatic rings. The number of amides is 1. The first-order chi connectivity index (χ1) is 14.1. The van der Waals surface area contributed by atoms with Gasteiger partial charge < -0.3 is 14.2 Å². The van der Waals surface area contributed by atoms with Gasteiger partial charge in [0.25, 0.3) is 5.91 Å². The van der Waals surface area contributed by atoms with E-state index in [2.05, 4.69) is 10.1 Å². The summed E-state index contributed by atoms with van der Waals surface area (Å²) >= 11 is 5.92. The van der Waals surface area contributed by atoms with Gasteiger partial charge in [-0.05, 0) is 61.7 Å². The maximum atomic E-state index is 12.5. The topological polar surface area (TPSA) is 68.5 Å². The van der Waals surface area contributed by atoms with Crippen LogP contribution in [-0.2, 0) is 4.79 Å². The molecule has 2 heterocycles. The normalized spacial score (nSPS) is 14.8. The maximum absolute atomic E-state index is 12.5. The summed E-state index contributed by atoms with van der Waals surface area (Å²) in [6.07, 6.45) is 1.58. The first-order valence-corrected chi connectivity index (χ1v) is 10.0. The van der Waals surface area contributed by atoms with Crippen LogP contribution in [0.4, 0.5) is 0 Å². The summed E-state index contributed by atoms with van der Waals surface area (Å²) in [6, 6.07) is 15.0. The van der Waals surface area contributed by atoms with Crippen molar-refractivity contribution in [2.45, 2.75) is 25.7 Å². The molecule has 1 aliphatic rings. The molecule has 1 fully saturated rings. The third-order valence-corrected chi connectivity index (χ3v) is 5.34. The van der Waals surface area contributed by atoms with Gasteiger partial charge in [-0.3, -0.25) is 4.79 Å². The van der Waals surface area contributed by atoms with E-state index in [0.717, 1.165) is 24.0 Å². The van der Waals surface area contributed by atoms with E-state index in [0.29, 0.717) is 35.6 Å². The van der Waals surface area contributed by atoms with E-state index in [4.69, 9.17) is 20.9 Å². The summed E-state index contributed by atoms with van der Waals surface area (Å²) in [4.78, 5) is 18.8. The Kier molecular flexibility index (Phi) is 5.81. The van der Waals surface area contributed by atoms with E-state index >= 15 is 0 Å². The molecular weight excluding hydrogens is 390 g/mol. The highest BCUT2D eigenvalue weighted by atomic mass is 35.5. The van der Waals surface area contributed by atoms with Crippen molar-refractivity contribution in [2.75, 3.05) is 19.7 Å². The molecule has 0 bridgehead atoms. The molecule has 0 saturated carbocycles. The molecule has 0 aliphatic carbocycles. The lowest BCUT2D eigenvalue weighted by molar-refractivity contribution is -0.134. The molecule has 2 aromatic carbocycles.